The molecule has 0 fully saturated rings. The van der Waals surface area contributed by atoms with E-state index in [1.54, 1.807) is 12.4 Å². The van der Waals surface area contributed by atoms with Crippen molar-refractivity contribution in [2.24, 2.45) is 5.73 Å². The number of nitrogens with one attached hydrogen (secondary N) is 1. The lowest BCUT2D eigenvalue weighted by Gasteiger charge is -2.18. The lowest BCUT2D eigenvalue weighted by atomic mass is 10.1. The molecular formula is C14H14BrN3S. The van der Waals surface area contributed by atoms with Crippen molar-refractivity contribution >= 4 is 38.8 Å². The van der Waals surface area contributed by atoms with Crippen molar-refractivity contribution in [3.8, 4) is 0 Å². The second-order valence-electron chi connectivity index (χ2n) is 4.20. The van der Waals surface area contributed by atoms with Crippen LogP contribution in [0.25, 0.3) is 0 Å². The molecule has 0 saturated carbocycles. The summed E-state index contributed by atoms with van der Waals surface area (Å²) in [6.45, 7) is 2.08. The van der Waals surface area contributed by atoms with E-state index in [4.69, 9.17) is 18.0 Å². The van der Waals surface area contributed by atoms with Crippen molar-refractivity contribution in [3.63, 3.8) is 0 Å². The molecule has 1 aromatic heterocycles. The summed E-state index contributed by atoms with van der Waals surface area (Å²) in [5.74, 6) is 0. The van der Waals surface area contributed by atoms with E-state index in [2.05, 4.69) is 33.2 Å². The average Bonchev–Trinajstić information content (AvgIpc) is 2.39. The predicted molar refractivity (Wildman–Crippen MR) is 86.3 cm³/mol. The molecule has 1 heterocycles. The van der Waals surface area contributed by atoms with Gasteiger partial charge in [0.2, 0.25) is 0 Å². The SMILES string of the molecule is CC(Nc1cc(Br)ccc1C(N)=S)c1ccncc1. The Bertz CT molecular complexity index is 586. The summed E-state index contributed by atoms with van der Waals surface area (Å²) in [6, 6.07) is 9.92. The molecule has 0 spiro atoms. The molecule has 2 rings (SSSR count). The molecule has 1 aromatic carbocycles. The maximum atomic E-state index is 5.75. The summed E-state index contributed by atoms with van der Waals surface area (Å²) >= 11 is 8.53. The van der Waals surface area contributed by atoms with Crippen LogP contribution in [-0.2, 0) is 0 Å². The number of nitrogens with two attached hydrogens (primary N) is 1. The van der Waals surface area contributed by atoms with Gasteiger partial charge in [0.05, 0.1) is 0 Å². The molecule has 98 valence electrons. The number of nitrogens with zero attached hydrogens (tertiary/aromatic N) is 1. The van der Waals surface area contributed by atoms with Crippen LogP contribution < -0.4 is 11.1 Å². The molecule has 0 radical (unpaired) electrons. The van der Waals surface area contributed by atoms with E-state index in [0.717, 1.165) is 21.3 Å². The molecule has 5 heteroatoms. The molecule has 0 aliphatic carbocycles. The van der Waals surface area contributed by atoms with Crippen LogP contribution in [0.4, 0.5) is 5.69 Å². The number of hydrogen-bond donors (Lipinski definition) is 2. The first-order valence-electron chi connectivity index (χ1n) is 5.83. The average molecular weight is 336 g/mol. The number of hydrogen-bond acceptors (Lipinski definition) is 3. The third-order valence-electron chi connectivity index (χ3n) is 2.83. The second-order valence-corrected chi connectivity index (χ2v) is 5.56. The van der Waals surface area contributed by atoms with Crippen LogP contribution in [0.5, 0.6) is 0 Å². The van der Waals surface area contributed by atoms with E-state index >= 15 is 0 Å². The number of benzene rings is 1. The van der Waals surface area contributed by atoms with Crippen LogP contribution in [0.2, 0.25) is 0 Å². The van der Waals surface area contributed by atoms with Gasteiger partial charge in [0.15, 0.2) is 0 Å². The molecule has 0 bridgehead atoms. The first-order chi connectivity index (χ1) is 9.08. The molecule has 3 nitrogen and oxygen atoms in total. The van der Waals surface area contributed by atoms with Gasteiger partial charge < -0.3 is 11.1 Å². The Morgan fingerprint density at radius 2 is 2.00 bits per heavy atom. The summed E-state index contributed by atoms with van der Waals surface area (Å²) in [7, 11) is 0. The van der Waals surface area contributed by atoms with E-state index in [1.165, 1.54) is 0 Å². The summed E-state index contributed by atoms with van der Waals surface area (Å²) in [5.41, 5.74) is 8.67. The summed E-state index contributed by atoms with van der Waals surface area (Å²) in [6.07, 6.45) is 3.56. The smallest absolute Gasteiger partial charge is 0.106 e. The Morgan fingerprint density at radius 3 is 2.63 bits per heavy atom. The van der Waals surface area contributed by atoms with Crippen molar-refractivity contribution in [2.75, 3.05) is 5.32 Å². The van der Waals surface area contributed by atoms with Crippen LogP contribution in [0.3, 0.4) is 0 Å². The minimum Gasteiger partial charge on any atom is -0.389 e. The molecule has 1 atom stereocenters. The summed E-state index contributed by atoms with van der Waals surface area (Å²) in [5, 5.41) is 3.42. The number of pyridine rings is 1. The van der Waals surface area contributed by atoms with E-state index in [-0.39, 0.29) is 6.04 Å². The third-order valence-corrected chi connectivity index (χ3v) is 3.54. The van der Waals surface area contributed by atoms with Crippen molar-refractivity contribution in [3.05, 3.63) is 58.3 Å². The van der Waals surface area contributed by atoms with Gasteiger partial charge in [-0.25, -0.2) is 0 Å². The molecule has 1 unspecified atom stereocenters. The van der Waals surface area contributed by atoms with Crippen molar-refractivity contribution in [1.29, 1.82) is 0 Å². The van der Waals surface area contributed by atoms with Gasteiger partial charge in [0.25, 0.3) is 0 Å². The normalized spacial score (nSPS) is 11.9. The third kappa shape index (κ3) is 3.52. The van der Waals surface area contributed by atoms with Crippen LogP contribution in [-0.4, -0.2) is 9.97 Å². The Balaban J connectivity index is 2.28. The molecule has 2 aromatic rings. The van der Waals surface area contributed by atoms with Crippen molar-refractivity contribution in [2.45, 2.75) is 13.0 Å². The summed E-state index contributed by atoms with van der Waals surface area (Å²) in [4.78, 5) is 4.40. The van der Waals surface area contributed by atoms with Gasteiger partial charge in [-0.1, -0.05) is 28.1 Å². The predicted octanol–water partition coefficient (Wildman–Crippen LogP) is 3.65. The second kappa shape index (κ2) is 6.12. The number of anilines is 1. The molecule has 0 aliphatic rings. The van der Waals surface area contributed by atoms with Gasteiger partial charge in [-0.05, 0) is 42.8 Å². The quantitative estimate of drug-likeness (QED) is 0.837. The molecule has 0 aliphatic heterocycles. The Kier molecular flexibility index (Phi) is 4.50. The van der Waals surface area contributed by atoms with Gasteiger partial charge in [-0.15, -0.1) is 0 Å². The van der Waals surface area contributed by atoms with Crippen LogP contribution in [0.1, 0.15) is 24.1 Å². The fourth-order valence-corrected chi connectivity index (χ4v) is 2.36. The highest BCUT2D eigenvalue weighted by Crippen LogP contribution is 2.25. The largest absolute Gasteiger partial charge is 0.389 e. The summed E-state index contributed by atoms with van der Waals surface area (Å²) < 4.78 is 0.983. The minimum absolute atomic E-state index is 0.144. The number of rotatable bonds is 4. The monoisotopic (exact) mass is 335 g/mol. The first kappa shape index (κ1) is 14.0. The fourth-order valence-electron chi connectivity index (χ4n) is 1.82. The highest BCUT2D eigenvalue weighted by atomic mass is 79.9. The zero-order valence-electron chi connectivity index (χ0n) is 10.4. The molecule has 0 saturated heterocycles. The van der Waals surface area contributed by atoms with E-state index in [9.17, 15) is 0 Å². The molecule has 0 amide bonds. The molecule has 19 heavy (non-hydrogen) atoms. The number of aromatic nitrogens is 1. The molecular weight excluding hydrogens is 322 g/mol. The Morgan fingerprint density at radius 1 is 1.32 bits per heavy atom. The highest BCUT2D eigenvalue weighted by molar-refractivity contribution is 9.10. The van der Waals surface area contributed by atoms with Crippen molar-refractivity contribution < 1.29 is 0 Å². The van der Waals surface area contributed by atoms with Crippen LogP contribution >= 0.6 is 28.1 Å². The lowest BCUT2D eigenvalue weighted by Crippen LogP contribution is -2.15. The standard InChI is InChI=1S/C14H14BrN3S/c1-9(10-4-6-17-7-5-10)18-13-8-11(15)2-3-12(13)14(16)19/h2-9,18H,1H3,(H2,16,19). The van der Waals surface area contributed by atoms with Gasteiger partial charge in [-0.3, -0.25) is 4.98 Å². The Labute approximate surface area is 126 Å². The maximum absolute atomic E-state index is 5.75. The lowest BCUT2D eigenvalue weighted by molar-refractivity contribution is 0.880. The first-order valence-corrected chi connectivity index (χ1v) is 7.04. The topological polar surface area (TPSA) is 50.9 Å². The van der Waals surface area contributed by atoms with Gasteiger partial charge >= 0.3 is 0 Å². The number of thiocarbonyl (C=S) groups is 1. The van der Waals surface area contributed by atoms with Crippen molar-refractivity contribution in [1.82, 2.24) is 4.98 Å². The van der Waals surface area contributed by atoms with E-state index in [0.29, 0.717) is 4.99 Å². The Hall–Kier alpha value is -1.46. The minimum atomic E-state index is 0.144. The highest BCUT2D eigenvalue weighted by Gasteiger charge is 2.10. The van der Waals surface area contributed by atoms with Gasteiger partial charge in [-0.2, -0.15) is 0 Å². The van der Waals surface area contributed by atoms with E-state index in [1.807, 2.05) is 30.3 Å². The molecule has 3 N–H and O–H groups in total. The van der Waals surface area contributed by atoms with Gasteiger partial charge in [0, 0.05) is 34.2 Å². The zero-order chi connectivity index (χ0) is 13.8. The number of halogens is 1. The van der Waals surface area contributed by atoms with Crippen LogP contribution in [0.15, 0.2) is 47.2 Å². The van der Waals surface area contributed by atoms with Gasteiger partial charge in [0.1, 0.15) is 4.99 Å². The fraction of sp³-hybridized carbons (Fsp3) is 0.143. The van der Waals surface area contributed by atoms with E-state index < -0.39 is 0 Å². The van der Waals surface area contributed by atoms with Crippen LogP contribution in [0, 0.1) is 0 Å². The zero-order valence-corrected chi connectivity index (χ0v) is 12.8. The maximum Gasteiger partial charge on any atom is 0.106 e.